The third kappa shape index (κ3) is 2.17. The summed E-state index contributed by atoms with van der Waals surface area (Å²) in [6.45, 7) is 3.74. The Morgan fingerprint density at radius 3 is 2.81 bits per heavy atom. The molecule has 1 atom stereocenters. The largest absolute Gasteiger partial charge is 0.396 e. The van der Waals surface area contributed by atoms with Crippen LogP contribution in [0.3, 0.4) is 0 Å². The molecule has 1 saturated carbocycles. The van der Waals surface area contributed by atoms with E-state index in [1.807, 2.05) is 0 Å². The number of nitrogens with zero attached hydrogens (tertiary/aromatic N) is 4. The molecule has 5 heteroatoms. The third-order valence-corrected chi connectivity index (χ3v) is 4.28. The van der Waals surface area contributed by atoms with E-state index in [0.29, 0.717) is 24.5 Å². The summed E-state index contributed by atoms with van der Waals surface area (Å²) < 4.78 is 0. The molecule has 0 radical (unpaired) electrons. The van der Waals surface area contributed by atoms with Crippen molar-refractivity contribution in [1.82, 2.24) is 4.90 Å². The van der Waals surface area contributed by atoms with E-state index in [1.54, 1.807) is 0 Å². The average Bonchev–Trinajstić information content (AvgIpc) is 2.88. The van der Waals surface area contributed by atoms with Crippen LogP contribution in [-0.4, -0.2) is 42.8 Å². The molecule has 1 saturated heterocycles. The average molecular weight is 224 g/mol. The minimum absolute atomic E-state index is 0.304. The lowest BCUT2D eigenvalue weighted by Crippen LogP contribution is -2.29. The summed E-state index contributed by atoms with van der Waals surface area (Å²) in [7, 11) is 0. The minimum Gasteiger partial charge on any atom is -0.396 e. The van der Waals surface area contributed by atoms with Gasteiger partial charge in [0.25, 0.3) is 0 Å². The highest BCUT2D eigenvalue weighted by molar-refractivity contribution is 4.99. The van der Waals surface area contributed by atoms with Crippen LogP contribution in [-0.2, 0) is 0 Å². The van der Waals surface area contributed by atoms with Crippen LogP contribution in [0.2, 0.25) is 0 Å². The van der Waals surface area contributed by atoms with E-state index in [0.717, 1.165) is 19.6 Å². The molecule has 16 heavy (non-hydrogen) atoms. The predicted octanol–water partition coefficient (Wildman–Crippen LogP) is 1.78. The van der Waals surface area contributed by atoms with Crippen molar-refractivity contribution in [2.75, 3.05) is 32.8 Å². The van der Waals surface area contributed by atoms with Crippen LogP contribution < -0.4 is 0 Å². The fourth-order valence-corrected chi connectivity index (χ4v) is 3.44. The summed E-state index contributed by atoms with van der Waals surface area (Å²) in [6, 6.07) is 0. The maximum Gasteiger partial charge on any atom is 0.0477 e. The molecule has 5 nitrogen and oxygen atoms in total. The molecule has 2 rings (SSSR count). The van der Waals surface area contributed by atoms with Crippen LogP contribution >= 0.6 is 0 Å². The van der Waals surface area contributed by atoms with Gasteiger partial charge in [-0.15, -0.1) is 0 Å². The fourth-order valence-electron chi connectivity index (χ4n) is 3.44. The molecule has 0 aromatic rings. The summed E-state index contributed by atoms with van der Waals surface area (Å²) >= 11 is 0. The Hall–Kier alpha value is -0.770. The van der Waals surface area contributed by atoms with E-state index in [2.05, 4.69) is 14.9 Å². The smallest absolute Gasteiger partial charge is 0.0477 e. The zero-order chi connectivity index (χ0) is 11.4. The zero-order valence-corrected chi connectivity index (χ0v) is 9.68. The summed E-state index contributed by atoms with van der Waals surface area (Å²) in [6.07, 6.45) is 5.13. The number of likely N-dealkylation sites (tertiary alicyclic amines) is 1. The third-order valence-electron chi connectivity index (χ3n) is 4.28. The molecule has 90 valence electrons. The van der Waals surface area contributed by atoms with E-state index in [-0.39, 0.29) is 0 Å². The van der Waals surface area contributed by atoms with Crippen molar-refractivity contribution in [3.63, 3.8) is 0 Å². The van der Waals surface area contributed by atoms with Gasteiger partial charge < -0.3 is 10.0 Å². The van der Waals surface area contributed by atoms with Gasteiger partial charge in [-0.2, -0.15) is 0 Å². The van der Waals surface area contributed by atoms with Crippen molar-refractivity contribution in [2.45, 2.75) is 25.7 Å². The Kier molecular flexibility index (Phi) is 3.69. The van der Waals surface area contributed by atoms with Crippen LogP contribution in [0.25, 0.3) is 10.4 Å². The van der Waals surface area contributed by atoms with Crippen molar-refractivity contribution >= 4 is 0 Å². The number of azide groups is 1. The van der Waals surface area contributed by atoms with Crippen LogP contribution in [0.1, 0.15) is 25.7 Å². The fraction of sp³-hybridized carbons (Fsp3) is 1.00. The van der Waals surface area contributed by atoms with Gasteiger partial charge >= 0.3 is 0 Å². The number of aliphatic hydroxyl groups is 1. The Bertz CT molecular complexity index is 282. The van der Waals surface area contributed by atoms with E-state index >= 15 is 0 Å². The van der Waals surface area contributed by atoms with Gasteiger partial charge in [0.1, 0.15) is 0 Å². The van der Waals surface area contributed by atoms with Gasteiger partial charge in [-0.1, -0.05) is 18.0 Å². The van der Waals surface area contributed by atoms with Gasteiger partial charge in [0.15, 0.2) is 0 Å². The first kappa shape index (κ1) is 11.7. The minimum atomic E-state index is 0.304. The van der Waals surface area contributed by atoms with Gasteiger partial charge in [0.05, 0.1) is 0 Å². The highest BCUT2D eigenvalue weighted by Crippen LogP contribution is 2.48. The molecule has 2 fully saturated rings. The molecule has 2 aliphatic rings. The first-order valence-electron chi connectivity index (χ1n) is 6.15. The highest BCUT2D eigenvalue weighted by Gasteiger charge is 2.47. The van der Waals surface area contributed by atoms with Crippen LogP contribution in [0.4, 0.5) is 0 Å². The van der Waals surface area contributed by atoms with Crippen molar-refractivity contribution in [3.8, 4) is 0 Å². The Labute approximate surface area is 96.1 Å². The summed E-state index contributed by atoms with van der Waals surface area (Å²) in [4.78, 5) is 5.12. The molecule has 0 aromatic carbocycles. The summed E-state index contributed by atoms with van der Waals surface area (Å²) in [5.41, 5.74) is 8.61. The number of hydrogen-bond acceptors (Lipinski definition) is 3. The summed E-state index contributed by atoms with van der Waals surface area (Å²) in [5.74, 6) is 0.432. The standard InChI is InChI=1S/C11H20N4O/c12-14-13-5-6-15-7-10(8-16)11(9-15)3-1-2-4-11/h10,16H,1-9H2/t10-/m1/s1. The second kappa shape index (κ2) is 5.04. The van der Waals surface area contributed by atoms with Gasteiger partial charge in [-0.05, 0) is 23.8 Å². The number of hydrogen-bond donors (Lipinski definition) is 1. The maximum atomic E-state index is 9.47. The molecule has 1 aliphatic heterocycles. The molecule has 1 aliphatic carbocycles. The SMILES string of the molecule is [N-]=[N+]=NCCN1C[C@H](CO)C2(CCCC2)C1. The van der Waals surface area contributed by atoms with Crippen molar-refractivity contribution in [2.24, 2.45) is 16.4 Å². The molecule has 1 heterocycles. The van der Waals surface area contributed by atoms with Gasteiger partial charge in [0, 0.05) is 43.6 Å². The Morgan fingerprint density at radius 2 is 2.19 bits per heavy atom. The molecule has 1 N–H and O–H groups in total. The topological polar surface area (TPSA) is 72.2 Å². The highest BCUT2D eigenvalue weighted by atomic mass is 16.3. The summed E-state index contributed by atoms with van der Waals surface area (Å²) in [5, 5.41) is 13.0. The van der Waals surface area contributed by atoms with Crippen molar-refractivity contribution in [3.05, 3.63) is 10.4 Å². The first-order chi connectivity index (χ1) is 7.80. The number of aliphatic hydroxyl groups excluding tert-OH is 1. The first-order valence-corrected chi connectivity index (χ1v) is 6.15. The van der Waals surface area contributed by atoms with Crippen LogP contribution in [0.5, 0.6) is 0 Å². The normalized spacial score (nSPS) is 28.4. The predicted molar refractivity (Wildman–Crippen MR) is 61.9 cm³/mol. The van der Waals surface area contributed by atoms with E-state index in [4.69, 9.17) is 5.53 Å². The molecule has 0 amide bonds. The van der Waals surface area contributed by atoms with Gasteiger partial charge in [-0.3, -0.25) is 0 Å². The Morgan fingerprint density at radius 1 is 1.44 bits per heavy atom. The van der Waals surface area contributed by atoms with Crippen LogP contribution in [0.15, 0.2) is 5.11 Å². The van der Waals surface area contributed by atoms with Crippen molar-refractivity contribution in [1.29, 1.82) is 0 Å². The lowest BCUT2D eigenvalue weighted by molar-refractivity contribution is 0.137. The zero-order valence-electron chi connectivity index (χ0n) is 9.68. The Balaban J connectivity index is 1.93. The van der Waals surface area contributed by atoms with Gasteiger partial charge in [0.2, 0.25) is 0 Å². The second-order valence-electron chi connectivity index (χ2n) is 5.14. The molecule has 1 spiro atoms. The molecular formula is C11H20N4O. The lowest BCUT2D eigenvalue weighted by Gasteiger charge is -2.28. The maximum absolute atomic E-state index is 9.47. The molecule has 0 unspecified atom stereocenters. The van der Waals surface area contributed by atoms with Crippen molar-refractivity contribution < 1.29 is 5.11 Å². The molecular weight excluding hydrogens is 204 g/mol. The van der Waals surface area contributed by atoms with E-state index in [1.165, 1.54) is 25.7 Å². The van der Waals surface area contributed by atoms with Crippen LogP contribution in [0, 0.1) is 11.3 Å². The van der Waals surface area contributed by atoms with Gasteiger partial charge in [-0.25, -0.2) is 0 Å². The lowest BCUT2D eigenvalue weighted by atomic mass is 9.77. The molecule has 0 aromatic heterocycles. The molecule has 0 bridgehead atoms. The number of rotatable bonds is 4. The van der Waals surface area contributed by atoms with E-state index in [9.17, 15) is 5.11 Å². The monoisotopic (exact) mass is 224 g/mol. The quantitative estimate of drug-likeness (QED) is 0.449. The van der Waals surface area contributed by atoms with E-state index < -0.39 is 0 Å². The second-order valence-corrected chi connectivity index (χ2v) is 5.14.